The van der Waals surface area contributed by atoms with E-state index in [1.54, 1.807) is 0 Å². The zero-order valence-corrected chi connectivity index (χ0v) is 12.7. The number of carbonyl (C=O) groups excluding carboxylic acids is 1. The number of alkyl carbamates (subject to hydrolysis) is 1. The Bertz CT molecular complexity index is 294. The molecule has 2 N–H and O–H groups in total. The molecule has 0 radical (unpaired) electrons. The lowest BCUT2D eigenvalue weighted by molar-refractivity contribution is -0.138. The summed E-state index contributed by atoms with van der Waals surface area (Å²) in [5.74, 6) is -0.562. The van der Waals surface area contributed by atoms with Gasteiger partial charge in [-0.2, -0.15) is 0 Å². The Morgan fingerprint density at radius 2 is 1.84 bits per heavy atom. The highest BCUT2D eigenvalue weighted by atomic mass is 35.5. The molecular formula is C13H24ClNO4. The number of carboxylic acids is 1. The van der Waals surface area contributed by atoms with Gasteiger partial charge in [0.05, 0.1) is 0 Å². The van der Waals surface area contributed by atoms with E-state index in [1.165, 1.54) is 0 Å². The highest BCUT2D eigenvalue weighted by Crippen LogP contribution is 2.15. The second-order valence-electron chi connectivity index (χ2n) is 5.47. The molecule has 5 nitrogen and oxygen atoms in total. The molecule has 0 spiro atoms. The number of amides is 1. The van der Waals surface area contributed by atoms with Crippen molar-refractivity contribution in [3.05, 3.63) is 0 Å². The van der Waals surface area contributed by atoms with Crippen LogP contribution in [-0.4, -0.2) is 29.3 Å². The number of rotatable bonds is 8. The Labute approximate surface area is 119 Å². The first kappa shape index (κ1) is 18.0. The first-order chi connectivity index (χ1) is 8.72. The average molecular weight is 294 g/mol. The van der Waals surface area contributed by atoms with Crippen LogP contribution in [-0.2, 0) is 9.53 Å². The van der Waals surface area contributed by atoms with Crippen molar-refractivity contribution in [2.75, 3.05) is 6.54 Å². The van der Waals surface area contributed by atoms with Crippen molar-refractivity contribution in [3.8, 4) is 0 Å². The van der Waals surface area contributed by atoms with Gasteiger partial charge in [0.2, 0.25) is 0 Å². The predicted octanol–water partition coefficient (Wildman–Crippen LogP) is 3.07. The first-order valence-corrected chi connectivity index (χ1v) is 6.96. The van der Waals surface area contributed by atoms with Crippen LogP contribution >= 0.6 is 11.6 Å². The van der Waals surface area contributed by atoms with E-state index in [-0.39, 0.29) is 24.8 Å². The Morgan fingerprint density at radius 3 is 2.26 bits per heavy atom. The number of carboxylic acid groups (broad SMARTS) is 1. The summed E-state index contributed by atoms with van der Waals surface area (Å²) >= 11 is 5.82. The van der Waals surface area contributed by atoms with Crippen molar-refractivity contribution < 1.29 is 19.4 Å². The lowest BCUT2D eigenvalue weighted by Crippen LogP contribution is -2.33. The van der Waals surface area contributed by atoms with Gasteiger partial charge in [-0.3, -0.25) is 4.79 Å². The van der Waals surface area contributed by atoms with E-state index in [0.717, 1.165) is 6.42 Å². The molecule has 112 valence electrons. The lowest BCUT2D eigenvalue weighted by atomic mass is 9.94. The number of alkyl halides is 1. The highest BCUT2D eigenvalue weighted by Gasteiger charge is 2.18. The fraction of sp³-hybridized carbons (Fsp3) is 0.846. The minimum Gasteiger partial charge on any atom is -0.481 e. The van der Waals surface area contributed by atoms with Crippen LogP contribution in [0.2, 0.25) is 0 Å². The summed E-state index contributed by atoms with van der Waals surface area (Å²) in [6.07, 6.45) is 0.168. The maximum atomic E-state index is 11.5. The van der Waals surface area contributed by atoms with Gasteiger partial charge in [0.15, 0.2) is 5.56 Å². The van der Waals surface area contributed by atoms with Crippen molar-refractivity contribution in [2.45, 2.75) is 46.1 Å². The minimum atomic E-state index is -0.863. The molecule has 0 aromatic rings. The van der Waals surface area contributed by atoms with Crippen molar-refractivity contribution in [3.63, 3.8) is 0 Å². The van der Waals surface area contributed by atoms with E-state index in [9.17, 15) is 9.59 Å². The van der Waals surface area contributed by atoms with Crippen molar-refractivity contribution >= 4 is 23.7 Å². The van der Waals surface area contributed by atoms with Gasteiger partial charge in [0.25, 0.3) is 0 Å². The van der Waals surface area contributed by atoms with Crippen LogP contribution in [0.5, 0.6) is 0 Å². The average Bonchev–Trinajstić information content (AvgIpc) is 2.24. The number of hydrogen-bond donors (Lipinski definition) is 2. The van der Waals surface area contributed by atoms with Crippen LogP contribution in [0.1, 0.15) is 40.5 Å². The number of aliphatic carboxylic acids is 1. The molecule has 0 aliphatic rings. The quantitative estimate of drug-likeness (QED) is 0.674. The summed E-state index contributed by atoms with van der Waals surface area (Å²) in [6, 6.07) is 0. The third-order valence-corrected chi connectivity index (χ3v) is 3.14. The van der Waals surface area contributed by atoms with Crippen LogP contribution in [0, 0.1) is 17.8 Å². The van der Waals surface area contributed by atoms with E-state index < -0.39 is 17.6 Å². The summed E-state index contributed by atoms with van der Waals surface area (Å²) in [6.45, 7) is 8.00. The molecule has 6 heteroatoms. The van der Waals surface area contributed by atoms with Crippen LogP contribution in [0.15, 0.2) is 0 Å². The number of ether oxygens (including phenoxy) is 1. The molecule has 19 heavy (non-hydrogen) atoms. The van der Waals surface area contributed by atoms with Gasteiger partial charge in [0.1, 0.15) is 0 Å². The van der Waals surface area contributed by atoms with Gasteiger partial charge >= 0.3 is 12.1 Å². The van der Waals surface area contributed by atoms with Crippen LogP contribution < -0.4 is 5.32 Å². The van der Waals surface area contributed by atoms with Gasteiger partial charge < -0.3 is 15.2 Å². The second kappa shape index (κ2) is 9.02. The molecule has 0 saturated heterocycles. The van der Waals surface area contributed by atoms with E-state index in [0.29, 0.717) is 5.92 Å². The van der Waals surface area contributed by atoms with Crippen LogP contribution in [0.3, 0.4) is 0 Å². The molecule has 0 aliphatic heterocycles. The zero-order chi connectivity index (χ0) is 15.0. The van der Waals surface area contributed by atoms with Crippen molar-refractivity contribution in [1.82, 2.24) is 5.32 Å². The SMILES string of the molecule is CC(C)CC(CNC(=O)OC(Cl)C(C)C)CC(=O)O. The largest absolute Gasteiger partial charge is 0.481 e. The first-order valence-electron chi connectivity index (χ1n) is 6.52. The standard InChI is InChI=1S/C13H24ClNO4/c1-8(2)5-10(6-11(16)17)7-15-13(18)19-12(14)9(3)4/h8-10,12H,5-7H2,1-4H3,(H,15,18)(H,16,17). The summed E-state index contributed by atoms with van der Waals surface area (Å²) < 4.78 is 4.94. The van der Waals surface area contributed by atoms with Crippen molar-refractivity contribution in [1.29, 1.82) is 0 Å². The van der Waals surface area contributed by atoms with Gasteiger partial charge in [-0.15, -0.1) is 0 Å². The number of hydrogen-bond acceptors (Lipinski definition) is 3. The third kappa shape index (κ3) is 9.59. The molecule has 0 rings (SSSR count). The van der Waals surface area contributed by atoms with Gasteiger partial charge in [-0.05, 0) is 18.3 Å². The van der Waals surface area contributed by atoms with E-state index in [1.807, 2.05) is 27.7 Å². The molecule has 2 unspecified atom stereocenters. The van der Waals surface area contributed by atoms with Crippen LogP contribution in [0.4, 0.5) is 4.79 Å². The second-order valence-corrected chi connectivity index (χ2v) is 5.90. The predicted molar refractivity (Wildman–Crippen MR) is 74.2 cm³/mol. The van der Waals surface area contributed by atoms with E-state index in [4.69, 9.17) is 21.4 Å². The Morgan fingerprint density at radius 1 is 1.26 bits per heavy atom. The monoisotopic (exact) mass is 293 g/mol. The smallest absolute Gasteiger partial charge is 0.408 e. The number of halogens is 1. The molecule has 0 fully saturated rings. The summed E-state index contributed by atoms with van der Waals surface area (Å²) in [5.41, 5.74) is -0.678. The summed E-state index contributed by atoms with van der Waals surface area (Å²) in [5, 5.41) is 11.4. The van der Waals surface area contributed by atoms with Crippen LogP contribution in [0.25, 0.3) is 0 Å². The maximum absolute atomic E-state index is 11.5. The van der Waals surface area contributed by atoms with Crippen molar-refractivity contribution in [2.24, 2.45) is 17.8 Å². The highest BCUT2D eigenvalue weighted by molar-refractivity contribution is 6.20. The molecule has 2 atom stereocenters. The normalized spacial score (nSPS) is 14.3. The molecule has 0 aliphatic carbocycles. The van der Waals surface area contributed by atoms with Gasteiger partial charge in [-0.25, -0.2) is 4.79 Å². The fourth-order valence-corrected chi connectivity index (χ4v) is 1.74. The molecule has 1 amide bonds. The molecule has 0 aromatic carbocycles. The molecular weight excluding hydrogens is 270 g/mol. The number of nitrogens with one attached hydrogen (secondary N) is 1. The Hall–Kier alpha value is -0.970. The van der Waals surface area contributed by atoms with Gasteiger partial charge in [-0.1, -0.05) is 39.3 Å². The topological polar surface area (TPSA) is 75.6 Å². The Kier molecular flexibility index (Phi) is 8.56. The molecule has 0 saturated carbocycles. The minimum absolute atomic E-state index is 0.0258. The Balaban J connectivity index is 4.15. The zero-order valence-electron chi connectivity index (χ0n) is 12.0. The molecule has 0 bridgehead atoms. The maximum Gasteiger partial charge on any atom is 0.408 e. The molecule has 0 aromatic heterocycles. The van der Waals surface area contributed by atoms with E-state index in [2.05, 4.69) is 5.32 Å². The third-order valence-electron chi connectivity index (χ3n) is 2.55. The summed E-state index contributed by atoms with van der Waals surface area (Å²) in [7, 11) is 0. The lowest BCUT2D eigenvalue weighted by Gasteiger charge is -2.19. The number of carbonyl (C=O) groups is 2. The van der Waals surface area contributed by atoms with Gasteiger partial charge in [0, 0.05) is 18.9 Å². The summed E-state index contributed by atoms with van der Waals surface area (Å²) in [4.78, 5) is 22.2. The fourth-order valence-electron chi connectivity index (χ4n) is 1.66. The van der Waals surface area contributed by atoms with E-state index >= 15 is 0 Å². The molecule has 0 heterocycles.